The first-order valence-corrected chi connectivity index (χ1v) is 5.07. The molecule has 0 aliphatic carbocycles. The summed E-state index contributed by atoms with van der Waals surface area (Å²) < 4.78 is 5.40. The summed E-state index contributed by atoms with van der Waals surface area (Å²) in [6.45, 7) is 0. The minimum absolute atomic E-state index is 0.842. The van der Waals surface area contributed by atoms with Crippen molar-refractivity contribution < 1.29 is 4.42 Å². The summed E-state index contributed by atoms with van der Waals surface area (Å²) in [5, 5.41) is 1.97. The first-order valence-electron chi connectivity index (χ1n) is 3.20. The van der Waals surface area contributed by atoms with E-state index in [-0.39, 0.29) is 0 Å². The number of furan rings is 1. The molecule has 0 bridgehead atoms. The van der Waals surface area contributed by atoms with Crippen LogP contribution in [0.3, 0.4) is 0 Å². The van der Waals surface area contributed by atoms with Gasteiger partial charge in [-0.25, -0.2) is 0 Å². The number of hydrogen-bond acceptors (Lipinski definition) is 3. The normalized spacial score (nSPS) is 10.6. The lowest BCUT2D eigenvalue weighted by atomic mass is 10.3. The number of rotatable bonds is 1. The topological polar surface area (TPSA) is 13.1 Å². The number of hydrogen-bond donors (Lipinski definition) is 1. The maximum atomic E-state index is 5.40. The van der Waals surface area contributed by atoms with Crippen LogP contribution >= 0.6 is 22.5 Å². The Hall–Kier alpha value is -0.540. The largest absolute Gasteiger partial charge is 0.449 e. The molecular formula is C8H6OS2. The summed E-state index contributed by atoms with van der Waals surface area (Å²) in [6, 6.07) is 9.89. The second kappa shape index (κ2) is 2.83. The van der Waals surface area contributed by atoms with Crippen LogP contribution in [0.25, 0.3) is 11.0 Å². The number of para-hydroxylation sites is 1. The van der Waals surface area contributed by atoms with Gasteiger partial charge in [-0.3, -0.25) is 0 Å². The van der Waals surface area contributed by atoms with E-state index in [1.807, 2.05) is 30.3 Å². The van der Waals surface area contributed by atoms with Crippen molar-refractivity contribution in [2.45, 2.75) is 5.09 Å². The van der Waals surface area contributed by atoms with E-state index in [9.17, 15) is 0 Å². The highest BCUT2D eigenvalue weighted by atomic mass is 33.1. The van der Waals surface area contributed by atoms with E-state index in [4.69, 9.17) is 4.42 Å². The van der Waals surface area contributed by atoms with Gasteiger partial charge in [0.15, 0.2) is 5.09 Å². The van der Waals surface area contributed by atoms with Crippen LogP contribution in [0.4, 0.5) is 0 Å². The van der Waals surface area contributed by atoms with Crippen LogP contribution in [0.15, 0.2) is 39.8 Å². The molecule has 0 spiro atoms. The molecule has 0 fully saturated rings. The molecule has 2 rings (SSSR count). The van der Waals surface area contributed by atoms with Gasteiger partial charge in [0, 0.05) is 5.39 Å². The second-order valence-electron chi connectivity index (χ2n) is 2.19. The van der Waals surface area contributed by atoms with Crippen LogP contribution in [0.1, 0.15) is 0 Å². The summed E-state index contributed by atoms with van der Waals surface area (Å²) >= 11 is 4.04. The van der Waals surface area contributed by atoms with Crippen LogP contribution in [0.5, 0.6) is 0 Å². The van der Waals surface area contributed by atoms with Crippen molar-refractivity contribution in [3.05, 3.63) is 30.3 Å². The smallest absolute Gasteiger partial charge is 0.171 e. The van der Waals surface area contributed by atoms with Crippen LogP contribution in [0, 0.1) is 0 Å². The molecule has 2 aromatic rings. The average molecular weight is 182 g/mol. The summed E-state index contributed by atoms with van der Waals surface area (Å²) in [6.07, 6.45) is 0. The minimum Gasteiger partial charge on any atom is -0.449 e. The van der Waals surface area contributed by atoms with Crippen molar-refractivity contribution in [3.8, 4) is 0 Å². The molecule has 1 aromatic heterocycles. The Morgan fingerprint density at radius 3 is 2.82 bits per heavy atom. The molecule has 0 aliphatic rings. The SMILES string of the molecule is SSc1cc2ccccc2o1. The zero-order valence-corrected chi connectivity index (χ0v) is 7.36. The Bertz CT molecular complexity index is 334. The average Bonchev–Trinajstić information content (AvgIpc) is 2.46. The van der Waals surface area contributed by atoms with Gasteiger partial charge < -0.3 is 4.42 Å². The Kier molecular flexibility index (Phi) is 1.84. The highest BCUT2D eigenvalue weighted by Gasteiger charge is 1.99. The fraction of sp³-hybridized carbons (Fsp3) is 0. The van der Waals surface area contributed by atoms with Crippen molar-refractivity contribution in [1.82, 2.24) is 0 Å². The van der Waals surface area contributed by atoms with E-state index in [1.54, 1.807) is 0 Å². The monoisotopic (exact) mass is 182 g/mol. The first kappa shape index (κ1) is 7.13. The maximum Gasteiger partial charge on any atom is 0.171 e. The molecule has 11 heavy (non-hydrogen) atoms. The quantitative estimate of drug-likeness (QED) is 0.536. The Morgan fingerprint density at radius 1 is 1.27 bits per heavy atom. The van der Waals surface area contributed by atoms with E-state index >= 15 is 0 Å². The van der Waals surface area contributed by atoms with Gasteiger partial charge in [-0.05, 0) is 22.9 Å². The van der Waals surface area contributed by atoms with Crippen LogP contribution in [0.2, 0.25) is 0 Å². The van der Waals surface area contributed by atoms with Gasteiger partial charge >= 0.3 is 0 Å². The third-order valence-electron chi connectivity index (χ3n) is 1.49. The molecule has 1 nitrogen and oxygen atoms in total. The van der Waals surface area contributed by atoms with Crippen LogP contribution in [-0.2, 0) is 0 Å². The molecule has 1 heterocycles. The summed E-state index contributed by atoms with van der Waals surface area (Å²) in [5.74, 6) is 0. The van der Waals surface area contributed by atoms with E-state index in [2.05, 4.69) is 11.7 Å². The number of fused-ring (bicyclic) bond motifs is 1. The van der Waals surface area contributed by atoms with Gasteiger partial charge in [-0.2, -0.15) is 0 Å². The lowest BCUT2D eigenvalue weighted by Crippen LogP contribution is -1.57. The van der Waals surface area contributed by atoms with Gasteiger partial charge in [0.05, 0.1) is 0 Å². The highest BCUT2D eigenvalue weighted by molar-refractivity contribution is 8.68. The predicted octanol–water partition coefficient (Wildman–Crippen LogP) is 3.37. The fourth-order valence-corrected chi connectivity index (χ4v) is 1.58. The Morgan fingerprint density at radius 2 is 2.09 bits per heavy atom. The molecule has 0 aliphatic heterocycles. The second-order valence-corrected chi connectivity index (χ2v) is 3.33. The lowest BCUT2D eigenvalue weighted by molar-refractivity contribution is 0.517. The molecule has 0 radical (unpaired) electrons. The van der Waals surface area contributed by atoms with Crippen LogP contribution < -0.4 is 0 Å². The molecule has 1 aromatic carbocycles. The molecule has 56 valence electrons. The molecule has 0 unspecified atom stereocenters. The summed E-state index contributed by atoms with van der Waals surface area (Å²) in [5.41, 5.74) is 0.920. The van der Waals surface area contributed by atoms with Crippen molar-refractivity contribution >= 4 is 33.4 Å². The third kappa shape index (κ3) is 1.26. The van der Waals surface area contributed by atoms with E-state index in [0.29, 0.717) is 0 Å². The molecule has 0 atom stereocenters. The minimum atomic E-state index is 0.842. The molecule has 0 saturated heterocycles. The molecule has 0 saturated carbocycles. The summed E-state index contributed by atoms with van der Waals surface area (Å²) in [4.78, 5) is 0. The number of benzene rings is 1. The predicted molar refractivity (Wildman–Crippen MR) is 51.1 cm³/mol. The zero-order valence-electron chi connectivity index (χ0n) is 5.65. The molecule has 0 N–H and O–H groups in total. The van der Waals surface area contributed by atoms with Crippen molar-refractivity contribution in [2.24, 2.45) is 0 Å². The van der Waals surface area contributed by atoms with Gasteiger partial charge in [0.1, 0.15) is 5.58 Å². The fourth-order valence-electron chi connectivity index (χ4n) is 1.00. The zero-order chi connectivity index (χ0) is 7.68. The van der Waals surface area contributed by atoms with Gasteiger partial charge in [-0.1, -0.05) is 18.2 Å². The van der Waals surface area contributed by atoms with Crippen molar-refractivity contribution in [3.63, 3.8) is 0 Å². The lowest BCUT2D eigenvalue weighted by Gasteiger charge is -1.82. The molecular weight excluding hydrogens is 176 g/mol. The van der Waals surface area contributed by atoms with Crippen LogP contribution in [-0.4, -0.2) is 0 Å². The van der Waals surface area contributed by atoms with Gasteiger partial charge in [0.25, 0.3) is 0 Å². The van der Waals surface area contributed by atoms with Gasteiger partial charge in [0.2, 0.25) is 0 Å². The van der Waals surface area contributed by atoms with Crippen molar-refractivity contribution in [1.29, 1.82) is 0 Å². The maximum absolute atomic E-state index is 5.40. The third-order valence-corrected chi connectivity index (χ3v) is 2.41. The van der Waals surface area contributed by atoms with Gasteiger partial charge in [-0.15, -0.1) is 11.7 Å². The molecule has 3 heteroatoms. The molecule has 0 amide bonds. The highest BCUT2D eigenvalue weighted by Crippen LogP contribution is 2.28. The van der Waals surface area contributed by atoms with E-state index < -0.39 is 0 Å². The first-order chi connectivity index (χ1) is 5.40. The standard InChI is InChI=1S/C8H6OS2/c10-11-8-5-6-3-1-2-4-7(6)9-8/h1-5,10H. The van der Waals surface area contributed by atoms with E-state index in [1.165, 1.54) is 10.8 Å². The Balaban J connectivity index is 2.69. The number of thiol groups is 1. The summed E-state index contributed by atoms with van der Waals surface area (Å²) in [7, 11) is 1.32. The van der Waals surface area contributed by atoms with Crippen molar-refractivity contribution in [2.75, 3.05) is 0 Å². The Labute approximate surface area is 73.6 Å². The van der Waals surface area contributed by atoms with E-state index in [0.717, 1.165) is 16.1 Å².